The van der Waals surface area contributed by atoms with E-state index in [2.05, 4.69) is 55.8 Å². The van der Waals surface area contributed by atoms with Gasteiger partial charge in [0.2, 0.25) is 0 Å². The van der Waals surface area contributed by atoms with Crippen LogP contribution < -0.4 is 20.1 Å². The molecule has 1 fully saturated rings. The Bertz CT molecular complexity index is 842. The van der Waals surface area contributed by atoms with E-state index in [1.165, 1.54) is 5.56 Å². The fraction of sp³-hybridized carbons (Fsp3) is 0.480. The van der Waals surface area contributed by atoms with Crippen LogP contribution in [-0.2, 0) is 13.1 Å². The molecular weight excluding hydrogens is 529 g/mol. The van der Waals surface area contributed by atoms with Crippen molar-refractivity contribution < 1.29 is 9.47 Å². The van der Waals surface area contributed by atoms with Gasteiger partial charge >= 0.3 is 0 Å². The molecule has 33 heavy (non-hydrogen) atoms. The van der Waals surface area contributed by atoms with Crippen molar-refractivity contribution >= 4 is 29.9 Å². The Morgan fingerprint density at radius 1 is 0.939 bits per heavy atom. The molecule has 0 unspecified atom stereocenters. The van der Waals surface area contributed by atoms with E-state index < -0.39 is 0 Å². The minimum absolute atomic E-state index is 0. The average Bonchev–Trinajstić information content (AvgIpc) is 2.85. The maximum Gasteiger partial charge on any atom is 0.191 e. The van der Waals surface area contributed by atoms with Gasteiger partial charge in [-0.1, -0.05) is 30.3 Å². The highest BCUT2D eigenvalue weighted by atomic mass is 127. The summed E-state index contributed by atoms with van der Waals surface area (Å²) in [6.07, 6.45) is 1.09. The third kappa shape index (κ3) is 9.02. The van der Waals surface area contributed by atoms with Crippen LogP contribution in [-0.4, -0.2) is 76.3 Å². The van der Waals surface area contributed by atoms with E-state index in [0.717, 1.165) is 75.3 Å². The molecule has 0 bridgehead atoms. The Kier molecular flexibility index (Phi) is 12.3. The smallest absolute Gasteiger partial charge is 0.191 e. The minimum atomic E-state index is 0. The largest absolute Gasteiger partial charge is 0.497 e. The van der Waals surface area contributed by atoms with Crippen LogP contribution in [0.15, 0.2) is 53.5 Å². The normalized spacial score (nSPS) is 14.9. The molecule has 2 aromatic rings. The van der Waals surface area contributed by atoms with Gasteiger partial charge in [0.25, 0.3) is 0 Å². The summed E-state index contributed by atoms with van der Waals surface area (Å²) >= 11 is 0. The lowest BCUT2D eigenvalue weighted by Gasteiger charge is -2.34. The van der Waals surface area contributed by atoms with Gasteiger partial charge in [-0.15, -0.1) is 24.0 Å². The van der Waals surface area contributed by atoms with Crippen molar-refractivity contribution in [2.45, 2.75) is 19.5 Å². The second kappa shape index (κ2) is 15.0. The lowest BCUT2D eigenvalue weighted by molar-refractivity contribution is 0.126. The van der Waals surface area contributed by atoms with E-state index in [4.69, 9.17) is 9.47 Å². The van der Waals surface area contributed by atoms with Gasteiger partial charge in [0.05, 0.1) is 14.2 Å². The van der Waals surface area contributed by atoms with Crippen LogP contribution in [0.25, 0.3) is 0 Å². The summed E-state index contributed by atoms with van der Waals surface area (Å²) in [5, 5.41) is 6.78. The predicted molar refractivity (Wildman–Crippen MR) is 146 cm³/mol. The number of methoxy groups -OCH3 is 2. The average molecular weight is 568 g/mol. The molecule has 0 atom stereocenters. The number of nitrogens with one attached hydrogen (secondary N) is 2. The van der Waals surface area contributed by atoms with E-state index in [9.17, 15) is 0 Å². The first-order valence-electron chi connectivity index (χ1n) is 11.4. The van der Waals surface area contributed by atoms with Crippen LogP contribution in [0.5, 0.6) is 11.5 Å². The van der Waals surface area contributed by atoms with Gasteiger partial charge in [-0.05, 0) is 30.7 Å². The molecule has 3 rings (SSSR count). The summed E-state index contributed by atoms with van der Waals surface area (Å²) in [7, 11) is 5.13. The molecule has 0 spiro atoms. The Balaban J connectivity index is 0.00000385. The molecule has 0 aliphatic carbocycles. The zero-order chi connectivity index (χ0) is 22.6. The zero-order valence-corrected chi connectivity index (χ0v) is 22.4. The van der Waals surface area contributed by atoms with Crippen molar-refractivity contribution in [1.29, 1.82) is 0 Å². The lowest BCUT2D eigenvalue weighted by atomic mass is 10.2. The van der Waals surface area contributed by atoms with Gasteiger partial charge in [0.1, 0.15) is 11.5 Å². The standard InChI is InChI=1S/C25H37N5O2.HI/c1-26-25(28-19-22-10-11-23(31-2)18-24(22)32-3)27-12-7-13-29-14-16-30(17-15-29)20-21-8-5-4-6-9-21;/h4-6,8-11,18H,7,12-17,19-20H2,1-3H3,(H2,26,27,28);1H. The van der Waals surface area contributed by atoms with Crippen LogP contribution in [0.1, 0.15) is 17.5 Å². The lowest BCUT2D eigenvalue weighted by Crippen LogP contribution is -2.46. The quantitative estimate of drug-likeness (QED) is 0.199. The molecule has 182 valence electrons. The molecule has 1 saturated heterocycles. The van der Waals surface area contributed by atoms with Crippen LogP contribution in [0.2, 0.25) is 0 Å². The van der Waals surface area contributed by atoms with Gasteiger partial charge in [0.15, 0.2) is 5.96 Å². The molecule has 2 N–H and O–H groups in total. The molecule has 1 aliphatic rings. The fourth-order valence-corrected chi connectivity index (χ4v) is 3.92. The van der Waals surface area contributed by atoms with E-state index in [1.54, 1.807) is 21.3 Å². The number of aliphatic imine (C=N–C) groups is 1. The Hall–Kier alpha value is -2.04. The molecule has 0 radical (unpaired) electrons. The summed E-state index contributed by atoms with van der Waals surface area (Å²) in [6.45, 7) is 8.23. The highest BCUT2D eigenvalue weighted by Gasteiger charge is 2.16. The summed E-state index contributed by atoms with van der Waals surface area (Å²) in [5.41, 5.74) is 2.46. The van der Waals surface area contributed by atoms with Crippen LogP contribution >= 0.6 is 24.0 Å². The highest BCUT2D eigenvalue weighted by molar-refractivity contribution is 14.0. The van der Waals surface area contributed by atoms with Crippen LogP contribution in [0.4, 0.5) is 0 Å². The highest BCUT2D eigenvalue weighted by Crippen LogP contribution is 2.24. The van der Waals surface area contributed by atoms with Gasteiger partial charge in [-0.25, -0.2) is 0 Å². The molecule has 0 aromatic heterocycles. The zero-order valence-electron chi connectivity index (χ0n) is 20.0. The second-order valence-electron chi connectivity index (χ2n) is 7.99. The summed E-state index contributed by atoms with van der Waals surface area (Å²) in [5.74, 6) is 2.39. The van der Waals surface area contributed by atoms with Crippen molar-refractivity contribution in [3.63, 3.8) is 0 Å². The number of piperazine rings is 1. The predicted octanol–water partition coefficient (Wildman–Crippen LogP) is 3.19. The minimum Gasteiger partial charge on any atom is -0.497 e. The molecule has 0 saturated carbocycles. The number of benzene rings is 2. The van der Waals surface area contributed by atoms with Gasteiger partial charge in [-0.3, -0.25) is 9.89 Å². The summed E-state index contributed by atoms with van der Waals surface area (Å²) in [4.78, 5) is 9.44. The third-order valence-corrected chi connectivity index (χ3v) is 5.82. The van der Waals surface area contributed by atoms with Gasteiger partial charge in [0, 0.05) is 64.5 Å². The van der Waals surface area contributed by atoms with Crippen molar-refractivity contribution in [2.75, 3.05) is 60.5 Å². The van der Waals surface area contributed by atoms with E-state index in [1.807, 2.05) is 18.2 Å². The van der Waals surface area contributed by atoms with Crippen molar-refractivity contribution in [1.82, 2.24) is 20.4 Å². The number of nitrogens with zero attached hydrogens (tertiary/aromatic N) is 3. The van der Waals surface area contributed by atoms with Crippen LogP contribution in [0, 0.1) is 0 Å². The number of rotatable bonds is 10. The molecular formula is C25H38IN5O2. The van der Waals surface area contributed by atoms with Crippen LogP contribution in [0.3, 0.4) is 0 Å². The first-order chi connectivity index (χ1) is 15.7. The molecule has 7 nitrogen and oxygen atoms in total. The fourth-order valence-electron chi connectivity index (χ4n) is 3.92. The number of halogens is 1. The SMILES string of the molecule is CN=C(NCCCN1CCN(Cc2ccccc2)CC1)NCc1ccc(OC)cc1OC.I. The number of ether oxygens (including phenoxy) is 2. The molecule has 2 aromatic carbocycles. The Labute approximate surface area is 215 Å². The summed E-state index contributed by atoms with van der Waals surface area (Å²) < 4.78 is 10.7. The first kappa shape index (κ1) is 27.2. The third-order valence-electron chi connectivity index (χ3n) is 5.82. The number of guanidine groups is 1. The van der Waals surface area contributed by atoms with Crippen molar-refractivity contribution in [3.8, 4) is 11.5 Å². The molecule has 0 amide bonds. The summed E-state index contributed by atoms with van der Waals surface area (Å²) in [6, 6.07) is 16.6. The van der Waals surface area contributed by atoms with Crippen molar-refractivity contribution in [2.24, 2.45) is 4.99 Å². The van der Waals surface area contributed by atoms with E-state index in [-0.39, 0.29) is 24.0 Å². The van der Waals surface area contributed by atoms with Crippen molar-refractivity contribution in [3.05, 3.63) is 59.7 Å². The van der Waals surface area contributed by atoms with E-state index in [0.29, 0.717) is 6.54 Å². The second-order valence-corrected chi connectivity index (χ2v) is 7.99. The monoisotopic (exact) mass is 567 g/mol. The first-order valence-corrected chi connectivity index (χ1v) is 11.4. The van der Waals surface area contributed by atoms with Gasteiger partial charge in [-0.2, -0.15) is 0 Å². The Morgan fingerprint density at radius 3 is 2.33 bits per heavy atom. The molecule has 1 aliphatic heterocycles. The van der Waals surface area contributed by atoms with E-state index >= 15 is 0 Å². The van der Waals surface area contributed by atoms with Gasteiger partial charge < -0.3 is 25.0 Å². The topological polar surface area (TPSA) is 61.4 Å². The number of hydrogen-bond acceptors (Lipinski definition) is 5. The molecule has 8 heteroatoms. The maximum atomic E-state index is 5.47. The number of hydrogen-bond donors (Lipinski definition) is 2. The maximum absolute atomic E-state index is 5.47. The Morgan fingerprint density at radius 2 is 1.67 bits per heavy atom. The molecule has 1 heterocycles.